The van der Waals surface area contributed by atoms with Crippen molar-refractivity contribution in [1.29, 1.82) is 0 Å². The number of nitrogens with zero attached hydrogens (tertiary/aromatic N) is 3. The molecule has 0 spiro atoms. The minimum atomic E-state index is -0.273. The summed E-state index contributed by atoms with van der Waals surface area (Å²) in [5, 5.41) is 3.44. The van der Waals surface area contributed by atoms with Crippen LogP contribution in [0.25, 0.3) is 11.5 Å². The zero-order valence-corrected chi connectivity index (χ0v) is 15.0. The molecular weight excluding hydrogens is 343 g/mol. The first-order valence-corrected chi connectivity index (χ1v) is 8.65. The molecule has 1 aromatic carbocycles. The Morgan fingerprint density at radius 3 is 2.80 bits per heavy atom. The maximum atomic E-state index is 13.3. The second kappa shape index (κ2) is 8.27. The molecule has 3 heterocycles. The van der Waals surface area contributed by atoms with Gasteiger partial charge in [-0.15, -0.1) is 12.4 Å². The van der Waals surface area contributed by atoms with Crippen molar-refractivity contribution in [3.63, 3.8) is 0 Å². The Morgan fingerprint density at radius 1 is 1.24 bits per heavy atom. The van der Waals surface area contributed by atoms with Crippen molar-refractivity contribution in [2.24, 2.45) is 0 Å². The van der Waals surface area contributed by atoms with E-state index in [0.717, 1.165) is 51.5 Å². The summed E-state index contributed by atoms with van der Waals surface area (Å²) >= 11 is 0. The Kier molecular flexibility index (Phi) is 6.06. The first-order valence-electron chi connectivity index (χ1n) is 8.65. The maximum absolute atomic E-state index is 13.3. The summed E-state index contributed by atoms with van der Waals surface area (Å²) in [6, 6.07) is 7.06. The van der Waals surface area contributed by atoms with Gasteiger partial charge < -0.3 is 9.73 Å². The summed E-state index contributed by atoms with van der Waals surface area (Å²) in [7, 11) is 0. The number of benzene rings is 1. The van der Waals surface area contributed by atoms with Gasteiger partial charge >= 0.3 is 0 Å². The summed E-state index contributed by atoms with van der Waals surface area (Å²) in [5.74, 6) is 0.213. The number of piperazine rings is 1. The third-order valence-electron chi connectivity index (χ3n) is 4.97. The molecular formula is C18H24ClFN4O. The molecule has 136 valence electrons. The predicted octanol–water partition coefficient (Wildman–Crippen LogP) is 2.38. The summed E-state index contributed by atoms with van der Waals surface area (Å²) in [6.45, 7) is 7.39. The molecule has 2 aromatic rings. The lowest BCUT2D eigenvalue weighted by atomic mass is 10.2. The maximum Gasteiger partial charge on any atom is 0.226 e. The largest absolute Gasteiger partial charge is 0.444 e. The molecule has 2 saturated heterocycles. The van der Waals surface area contributed by atoms with Crippen molar-refractivity contribution >= 4 is 12.4 Å². The van der Waals surface area contributed by atoms with Crippen LogP contribution in [0.4, 0.5) is 4.39 Å². The molecule has 7 heteroatoms. The molecule has 0 bridgehead atoms. The lowest BCUT2D eigenvalue weighted by Crippen LogP contribution is -2.50. The first kappa shape index (κ1) is 18.3. The predicted molar refractivity (Wildman–Crippen MR) is 97.3 cm³/mol. The third kappa shape index (κ3) is 4.39. The van der Waals surface area contributed by atoms with Crippen LogP contribution in [-0.2, 0) is 6.54 Å². The average Bonchev–Trinajstić information content (AvgIpc) is 3.27. The topological polar surface area (TPSA) is 44.5 Å². The Hall–Kier alpha value is -1.47. The fraction of sp³-hybridized carbons (Fsp3) is 0.500. The lowest BCUT2D eigenvalue weighted by molar-refractivity contribution is 0.0973. The van der Waals surface area contributed by atoms with E-state index < -0.39 is 0 Å². The molecule has 2 fully saturated rings. The highest BCUT2D eigenvalue weighted by atomic mass is 35.5. The van der Waals surface area contributed by atoms with Crippen molar-refractivity contribution in [3.8, 4) is 11.5 Å². The van der Waals surface area contributed by atoms with Crippen LogP contribution in [0.1, 0.15) is 12.1 Å². The Morgan fingerprint density at radius 2 is 2.08 bits per heavy atom. The van der Waals surface area contributed by atoms with Gasteiger partial charge in [-0.25, -0.2) is 9.37 Å². The molecule has 0 aliphatic carbocycles. The minimum absolute atomic E-state index is 0. The van der Waals surface area contributed by atoms with Crippen molar-refractivity contribution < 1.29 is 8.81 Å². The van der Waals surface area contributed by atoms with Gasteiger partial charge in [0.25, 0.3) is 0 Å². The van der Waals surface area contributed by atoms with Crippen LogP contribution < -0.4 is 5.32 Å². The van der Waals surface area contributed by atoms with Gasteiger partial charge in [-0.2, -0.15) is 0 Å². The SMILES string of the molecule is Cl.Fc1cccc(-c2nc(CN3CCN(C4CCNC4)CC3)co2)c1. The number of hydrogen-bond donors (Lipinski definition) is 1. The number of nitrogens with one attached hydrogen (secondary N) is 1. The van der Waals surface area contributed by atoms with Crippen molar-refractivity contribution in [2.75, 3.05) is 39.3 Å². The molecule has 4 rings (SSSR count). The van der Waals surface area contributed by atoms with Crippen molar-refractivity contribution in [1.82, 2.24) is 20.1 Å². The number of aromatic nitrogens is 1. The monoisotopic (exact) mass is 366 g/mol. The van der Waals surface area contributed by atoms with Crippen LogP contribution in [0.15, 0.2) is 34.9 Å². The molecule has 1 aromatic heterocycles. The fourth-order valence-corrected chi connectivity index (χ4v) is 3.60. The minimum Gasteiger partial charge on any atom is -0.444 e. The van der Waals surface area contributed by atoms with Gasteiger partial charge in [0.2, 0.25) is 5.89 Å². The summed E-state index contributed by atoms with van der Waals surface area (Å²) < 4.78 is 18.8. The summed E-state index contributed by atoms with van der Waals surface area (Å²) in [5.41, 5.74) is 1.59. The van der Waals surface area contributed by atoms with Crippen LogP contribution >= 0.6 is 12.4 Å². The van der Waals surface area contributed by atoms with Gasteiger partial charge in [0, 0.05) is 50.9 Å². The van der Waals surface area contributed by atoms with Crippen LogP contribution in [0.2, 0.25) is 0 Å². The Labute approximate surface area is 153 Å². The highest BCUT2D eigenvalue weighted by Crippen LogP contribution is 2.20. The van der Waals surface area contributed by atoms with Gasteiger partial charge in [-0.1, -0.05) is 6.07 Å². The molecule has 5 nitrogen and oxygen atoms in total. The van der Waals surface area contributed by atoms with Crippen LogP contribution in [0.5, 0.6) is 0 Å². The average molecular weight is 367 g/mol. The smallest absolute Gasteiger partial charge is 0.226 e. The molecule has 2 aliphatic heterocycles. The Balaban J connectivity index is 0.00000182. The quantitative estimate of drug-likeness (QED) is 0.900. The number of hydrogen-bond acceptors (Lipinski definition) is 5. The molecule has 25 heavy (non-hydrogen) atoms. The van der Waals surface area contributed by atoms with E-state index in [-0.39, 0.29) is 18.2 Å². The van der Waals surface area contributed by atoms with Gasteiger partial charge in [0.1, 0.15) is 12.1 Å². The van der Waals surface area contributed by atoms with Crippen molar-refractivity contribution in [3.05, 3.63) is 42.0 Å². The third-order valence-corrected chi connectivity index (χ3v) is 4.97. The van der Waals surface area contributed by atoms with E-state index in [9.17, 15) is 4.39 Å². The molecule has 1 unspecified atom stereocenters. The standard InChI is InChI=1S/C18H23FN4O.ClH/c19-15-3-1-2-14(10-15)18-21-16(13-24-18)12-22-6-8-23(9-7-22)17-4-5-20-11-17;/h1-3,10,13,17,20H,4-9,11-12H2;1H. The zero-order chi connectivity index (χ0) is 16.4. The van der Waals surface area contributed by atoms with E-state index in [1.807, 2.05) is 6.07 Å². The molecule has 2 aliphatic rings. The zero-order valence-electron chi connectivity index (χ0n) is 14.2. The summed E-state index contributed by atoms with van der Waals surface area (Å²) in [6.07, 6.45) is 2.95. The van der Waals surface area contributed by atoms with Gasteiger partial charge in [-0.3, -0.25) is 9.80 Å². The molecule has 0 radical (unpaired) electrons. The number of halogens is 2. The Bertz CT molecular complexity index is 681. The van der Waals surface area contributed by atoms with Crippen LogP contribution in [0, 0.1) is 5.82 Å². The fourth-order valence-electron chi connectivity index (χ4n) is 3.60. The van der Waals surface area contributed by atoms with E-state index in [1.165, 1.54) is 18.6 Å². The molecule has 0 saturated carbocycles. The highest BCUT2D eigenvalue weighted by Gasteiger charge is 2.26. The normalized spacial score (nSPS) is 22.0. The van der Waals surface area contributed by atoms with Gasteiger partial charge in [0.05, 0.1) is 5.69 Å². The van der Waals surface area contributed by atoms with E-state index in [0.29, 0.717) is 17.5 Å². The van der Waals surface area contributed by atoms with E-state index >= 15 is 0 Å². The molecule has 0 amide bonds. The second-order valence-electron chi connectivity index (χ2n) is 6.61. The summed E-state index contributed by atoms with van der Waals surface area (Å²) in [4.78, 5) is 9.52. The van der Waals surface area contributed by atoms with E-state index in [4.69, 9.17) is 4.42 Å². The molecule has 1 N–H and O–H groups in total. The number of rotatable bonds is 4. The lowest BCUT2D eigenvalue weighted by Gasteiger charge is -2.37. The first-order chi connectivity index (χ1) is 11.8. The van der Waals surface area contributed by atoms with Crippen LogP contribution in [-0.4, -0.2) is 60.1 Å². The van der Waals surface area contributed by atoms with Gasteiger partial charge in [-0.05, 0) is 31.2 Å². The van der Waals surface area contributed by atoms with Gasteiger partial charge in [0.15, 0.2) is 0 Å². The molecule has 1 atom stereocenters. The highest BCUT2D eigenvalue weighted by molar-refractivity contribution is 5.85. The number of oxazole rings is 1. The van der Waals surface area contributed by atoms with E-state index in [2.05, 4.69) is 20.1 Å². The second-order valence-corrected chi connectivity index (χ2v) is 6.61. The van der Waals surface area contributed by atoms with E-state index in [1.54, 1.807) is 12.3 Å². The van der Waals surface area contributed by atoms with Crippen molar-refractivity contribution in [2.45, 2.75) is 19.0 Å². The van der Waals surface area contributed by atoms with Crippen LogP contribution in [0.3, 0.4) is 0 Å².